The minimum atomic E-state index is -0.463. The van der Waals surface area contributed by atoms with Gasteiger partial charge in [-0.2, -0.15) is 0 Å². The van der Waals surface area contributed by atoms with Gasteiger partial charge in [0, 0.05) is 18.7 Å². The molecule has 0 bridgehead atoms. The van der Waals surface area contributed by atoms with Gasteiger partial charge < -0.3 is 10.2 Å². The van der Waals surface area contributed by atoms with Gasteiger partial charge in [-0.1, -0.05) is 11.6 Å². The quantitative estimate of drug-likeness (QED) is 0.668. The van der Waals surface area contributed by atoms with Gasteiger partial charge in [-0.25, -0.2) is 4.98 Å². The van der Waals surface area contributed by atoms with Crippen molar-refractivity contribution in [2.24, 2.45) is 5.92 Å². The summed E-state index contributed by atoms with van der Waals surface area (Å²) in [6.45, 7) is 3.03. The van der Waals surface area contributed by atoms with Gasteiger partial charge in [0.15, 0.2) is 0 Å². The molecule has 1 unspecified atom stereocenters. The molecule has 21 heavy (non-hydrogen) atoms. The van der Waals surface area contributed by atoms with Crippen molar-refractivity contribution in [1.29, 1.82) is 0 Å². The SMILES string of the molecule is O=[N+]([O-])c1cnc(N(CC2CCCNC2)C2CC2)c(Cl)c1. The first-order valence-electron chi connectivity index (χ1n) is 7.42. The number of nitro groups is 1. The van der Waals surface area contributed by atoms with Crippen LogP contribution < -0.4 is 10.2 Å². The van der Waals surface area contributed by atoms with Gasteiger partial charge in [-0.15, -0.1) is 0 Å². The molecule has 1 saturated heterocycles. The maximum Gasteiger partial charge on any atom is 0.289 e. The van der Waals surface area contributed by atoms with Crippen molar-refractivity contribution in [2.45, 2.75) is 31.7 Å². The third kappa shape index (κ3) is 3.44. The van der Waals surface area contributed by atoms with Gasteiger partial charge in [0.25, 0.3) is 5.69 Å². The van der Waals surface area contributed by atoms with Crippen LogP contribution in [0.15, 0.2) is 12.3 Å². The van der Waals surface area contributed by atoms with Crippen LogP contribution in [0.1, 0.15) is 25.7 Å². The van der Waals surface area contributed by atoms with Crippen LogP contribution >= 0.6 is 11.6 Å². The van der Waals surface area contributed by atoms with Crippen LogP contribution in [0, 0.1) is 16.0 Å². The van der Waals surface area contributed by atoms with Crippen molar-refractivity contribution < 1.29 is 4.92 Å². The molecule has 1 atom stereocenters. The summed E-state index contributed by atoms with van der Waals surface area (Å²) in [6.07, 6.45) is 6.01. The Hall–Kier alpha value is -1.40. The van der Waals surface area contributed by atoms with Gasteiger partial charge in [-0.3, -0.25) is 10.1 Å². The third-order valence-electron chi connectivity index (χ3n) is 4.13. The van der Waals surface area contributed by atoms with E-state index in [0.717, 1.165) is 32.5 Å². The van der Waals surface area contributed by atoms with Crippen LogP contribution in [0.2, 0.25) is 5.02 Å². The average molecular weight is 311 g/mol. The molecular weight excluding hydrogens is 292 g/mol. The molecule has 6 nitrogen and oxygen atoms in total. The highest BCUT2D eigenvalue weighted by Gasteiger charge is 2.33. The fourth-order valence-corrected chi connectivity index (χ4v) is 3.15. The second-order valence-electron chi connectivity index (χ2n) is 5.85. The normalized spacial score (nSPS) is 22.0. The van der Waals surface area contributed by atoms with Crippen molar-refractivity contribution in [3.8, 4) is 0 Å². The topological polar surface area (TPSA) is 71.3 Å². The fourth-order valence-electron chi connectivity index (χ4n) is 2.88. The number of nitrogens with zero attached hydrogens (tertiary/aromatic N) is 3. The van der Waals surface area contributed by atoms with Gasteiger partial charge in [-0.05, 0) is 44.7 Å². The van der Waals surface area contributed by atoms with Crippen LogP contribution in [0.4, 0.5) is 11.5 Å². The van der Waals surface area contributed by atoms with E-state index in [2.05, 4.69) is 15.2 Å². The minimum absolute atomic E-state index is 0.0566. The molecule has 0 amide bonds. The lowest BCUT2D eigenvalue weighted by Gasteiger charge is -2.31. The third-order valence-corrected chi connectivity index (χ3v) is 4.41. The summed E-state index contributed by atoms with van der Waals surface area (Å²) < 4.78 is 0. The van der Waals surface area contributed by atoms with E-state index < -0.39 is 4.92 Å². The molecule has 0 radical (unpaired) electrons. The van der Waals surface area contributed by atoms with Crippen molar-refractivity contribution in [3.63, 3.8) is 0 Å². The largest absolute Gasteiger partial charge is 0.352 e. The molecule has 2 fully saturated rings. The maximum atomic E-state index is 10.8. The lowest BCUT2D eigenvalue weighted by Crippen LogP contribution is -2.39. The highest BCUT2D eigenvalue weighted by Crippen LogP contribution is 2.36. The number of hydrogen-bond donors (Lipinski definition) is 1. The molecule has 0 aromatic carbocycles. The number of pyridine rings is 1. The van der Waals surface area contributed by atoms with E-state index in [4.69, 9.17) is 11.6 Å². The number of rotatable bonds is 5. The number of halogens is 1. The van der Waals surface area contributed by atoms with Crippen LogP contribution in [0.5, 0.6) is 0 Å². The summed E-state index contributed by atoms with van der Waals surface area (Å²) in [5, 5.41) is 14.6. The molecule has 1 N–H and O–H groups in total. The molecule has 2 aliphatic rings. The smallest absolute Gasteiger partial charge is 0.289 e. The van der Waals surface area contributed by atoms with Crippen LogP contribution in [-0.2, 0) is 0 Å². The predicted octanol–water partition coefficient (Wildman–Crippen LogP) is 2.61. The first kappa shape index (κ1) is 14.5. The van der Waals surface area contributed by atoms with Gasteiger partial charge >= 0.3 is 0 Å². The fraction of sp³-hybridized carbons (Fsp3) is 0.643. The van der Waals surface area contributed by atoms with Crippen LogP contribution in [0.3, 0.4) is 0 Å². The zero-order valence-corrected chi connectivity index (χ0v) is 12.6. The van der Waals surface area contributed by atoms with E-state index >= 15 is 0 Å². The van der Waals surface area contributed by atoms with E-state index in [9.17, 15) is 10.1 Å². The Morgan fingerprint density at radius 3 is 2.86 bits per heavy atom. The first-order chi connectivity index (χ1) is 10.1. The van der Waals surface area contributed by atoms with E-state index in [1.165, 1.54) is 25.1 Å². The maximum absolute atomic E-state index is 10.8. The van der Waals surface area contributed by atoms with Crippen LogP contribution in [-0.4, -0.2) is 35.6 Å². The summed E-state index contributed by atoms with van der Waals surface area (Å²) in [5.41, 5.74) is -0.0566. The van der Waals surface area contributed by atoms with Gasteiger partial charge in [0.2, 0.25) is 0 Å². The Labute approximate surface area is 128 Å². The van der Waals surface area contributed by atoms with E-state index in [0.29, 0.717) is 22.8 Å². The second-order valence-corrected chi connectivity index (χ2v) is 6.26. The summed E-state index contributed by atoms with van der Waals surface area (Å²) in [6, 6.07) is 1.89. The molecule has 7 heteroatoms. The predicted molar refractivity (Wildman–Crippen MR) is 81.9 cm³/mol. The summed E-state index contributed by atoms with van der Waals surface area (Å²) >= 11 is 6.23. The van der Waals surface area contributed by atoms with Crippen LogP contribution in [0.25, 0.3) is 0 Å². The highest BCUT2D eigenvalue weighted by atomic mass is 35.5. The molecule has 1 aliphatic carbocycles. The average Bonchev–Trinajstić information content (AvgIpc) is 3.31. The molecular formula is C14H19ClN4O2. The lowest BCUT2D eigenvalue weighted by molar-refractivity contribution is -0.385. The zero-order chi connectivity index (χ0) is 14.8. The number of hydrogen-bond acceptors (Lipinski definition) is 5. The zero-order valence-electron chi connectivity index (χ0n) is 11.8. The van der Waals surface area contributed by atoms with Gasteiger partial charge in [0.1, 0.15) is 12.0 Å². The number of anilines is 1. The molecule has 3 rings (SSSR count). The van der Waals surface area contributed by atoms with E-state index in [-0.39, 0.29) is 5.69 Å². The molecule has 1 aliphatic heterocycles. The minimum Gasteiger partial charge on any atom is -0.352 e. The molecule has 1 aromatic heterocycles. The van der Waals surface area contributed by atoms with Crippen molar-refractivity contribution in [3.05, 3.63) is 27.4 Å². The summed E-state index contributed by atoms with van der Waals surface area (Å²) in [4.78, 5) is 16.8. The standard InChI is InChI=1S/C14H19ClN4O2/c15-13-6-12(19(20)21)8-17-14(13)18(11-3-4-11)9-10-2-1-5-16-7-10/h6,8,10-11,16H,1-5,7,9H2. The molecule has 1 aromatic rings. The van der Waals surface area contributed by atoms with Crippen molar-refractivity contribution >= 4 is 23.1 Å². The molecule has 0 spiro atoms. The molecule has 1 saturated carbocycles. The van der Waals surface area contributed by atoms with Crippen molar-refractivity contribution in [1.82, 2.24) is 10.3 Å². The monoisotopic (exact) mass is 310 g/mol. The Morgan fingerprint density at radius 2 is 2.29 bits per heavy atom. The summed E-state index contributed by atoms with van der Waals surface area (Å²) in [5.74, 6) is 1.28. The van der Waals surface area contributed by atoms with Crippen molar-refractivity contribution in [2.75, 3.05) is 24.5 Å². The van der Waals surface area contributed by atoms with Gasteiger partial charge in [0.05, 0.1) is 9.95 Å². The Kier molecular flexibility index (Phi) is 4.26. The summed E-state index contributed by atoms with van der Waals surface area (Å²) in [7, 11) is 0. The molecule has 2 heterocycles. The first-order valence-corrected chi connectivity index (χ1v) is 7.80. The Balaban J connectivity index is 1.78. The number of nitrogens with one attached hydrogen (secondary N) is 1. The Morgan fingerprint density at radius 1 is 1.48 bits per heavy atom. The number of aromatic nitrogens is 1. The number of piperidine rings is 1. The van der Waals surface area contributed by atoms with E-state index in [1.807, 2.05) is 0 Å². The molecule has 114 valence electrons. The highest BCUT2D eigenvalue weighted by molar-refractivity contribution is 6.33. The lowest BCUT2D eigenvalue weighted by atomic mass is 9.99. The Bertz CT molecular complexity index is 530. The van der Waals surface area contributed by atoms with E-state index in [1.54, 1.807) is 0 Å². The second kappa shape index (κ2) is 6.15.